The average molecular weight is 242 g/mol. The van der Waals surface area contributed by atoms with Gasteiger partial charge in [0.2, 0.25) is 9.84 Å². The van der Waals surface area contributed by atoms with Crippen molar-refractivity contribution in [3.05, 3.63) is 29.8 Å². The Morgan fingerprint density at radius 2 is 1.88 bits per heavy atom. The first kappa shape index (κ1) is 12.7. The van der Waals surface area contributed by atoms with Gasteiger partial charge >= 0.3 is 0 Å². The van der Waals surface area contributed by atoms with Crippen LogP contribution in [-0.2, 0) is 9.84 Å². The Bertz CT molecular complexity index is 489. The van der Waals surface area contributed by atoms with Gasteiger partial charge in [0.25, 0.3) is 0 Å². The van der Waals surface area contributed by atoms with Crippen LogP contribution in [0.25, 0.3) is 0 Å². The summed E-state index contributed by atoms with van der Waals surface area (Å²) in [6.07, 6.45) is -1.23. The molecular weight excluding hydrogens is 228 g/mol. The predicted molar refractivity (Wildman–Crippen MR) is 61.7 cm³/mol. The molecule has 0 heterocycles. The maximum atomic E-state index is 11.9. The first-order chi connectivity index (χ1) is 7.39. The van der Waals surface area contributed by atoms with Gasteiger partial charge in [-0.15, -0.1) is 0 Å². The fourth-order valence-corrected chi connectivity index (χ4v) is 2.56. The third-order valence-electron chi connectivity index (χ3n) is 2.09. The lowest BCUT2D eigenvalue weighted by molar-refractivity contribution is 0.264. The van der Waals surface area contributed by atoms with Crippen molar-refractivity contribution < 1.29 is 13.5 Å². The van der Waals surface area contributed by atoms with E-state index in [1.165, 1.54) is 19.1 Å². The van der Waals surface area contributed by atoms with Gasteiger partial charge in [-0.05, 0) is 26.0 Å². The maximum Gasteiger partial charge on any atom is 0.224 e. The van der Waals surface area contributed by atoms with Crippen LogP contribution in [0, 0.1) is 6.92 Å². The van der Waals surface area contributed by atoms with Crippen molar-refractivity contribution in [3.8, 4) is 0 Å². The Kier molecular flexibility index (Phi) is 3.66. The highest BCUT2D eigenvalue weighted by Crippen LogP contribution is 2.15. The fraction of sp³-hybridized carbons (Fsp3) is 0.300. The van der Waals surface area contributed by atoms with Gasteiger partial charge in [0.05, 0.1) is 4.90 Å². The van der Waals surface area contributed by atoms with Crippen LogP contribution in [0.4, 0.5) is 0 Å². The predicted octanol–water partition coefficient (Wildman–Crippen LogP) is 0.422. The zero-order chi connectivity index (χ0) is 12.3. The van der Waals surface area contributed by atoms with E-state index in [0.29, 0.717) is 0 Å². The molecular formula is C10H14N2O3S. The van der Waals surface area contributed by atoms with Gasteiger partial charge in [-0.3, -0.25) is 0 Å². The van der Waals surface area contributed by atoms with Crippen LogP contribution in [0.1, 0.15) is 12.5 Å². The van der Waals surface area contributed by atoms with Crippen LogP contribution < -0.4 is 5.84 Å². The second kappa shape index (κ2) is 4.63. The molecule has 1 unspecified atom stereocenters. The summed E-state index contributed by atoms with van der Waals surface area (Å²) in [4.78, 5) is 0.0724. The number of nitrogens with zero attached hydrogens (tertiary/aromatic N) is 1. The molecule has 16 heavy (non-hydrogen) atoms. The minimum atomic E-state index is -3.79. The van der Waals surface area contributed by atoms with Crippen molar-refractivity contribution in [2.45, 2.75) is 24.8 Å². The number of aliphatic hydroxyl groups excluding tert-OH is 1. The molecule has 0 aliphatic rings. The van der Waals surface area contributed by atoms with Gasteiger partial charge in [0.1, 0.15) is 6.10 Å². The zero-order valence-corrected chi connectivity index (χ0v) is 9.90. The largest absolute Gasteiger partial charge is 0.386 e. The van der Waals surface area contributed by atoms with Gasteiger partial charge in [-0.25, -0.2) is 8.42 Å². The van der Waals surface area contributed by atoms with E-state index < -0.39 is 21.0 Å². The molecule has 0 aromatic heterocycles. The summed E-state index contributed by atoms with van der Waals surface area (Å²) in [5, 5.41) is 12.0. The summed E-state index contributed by atoms with van der Waals surface area (Å²) in [5.74, 6) is 4.98. The molecule has 0 bridgehead atoms. The Labute approximate surface area is 94.5 Å². The highest BCUT2D eigenvalue weighted by Gasteiger charge is 2.26. The molecule has 0 amide bonds. The van der Waals surface area contributed by atoms with Crippen LogP contribution in [0.3, 0.4) is 0 Å². The highest BCUT2D eigenvalue weighted by atomic mass is 32.2. The number of nitrogens with two attached hydrogens (primary N) is 1. The lowest BCUT2D eigenvalue weighted by Crippen LogP contribution is -2.27. The number of hydrogen-bond acceptors (Lipinski definition) is 5. The van der Waals surface area contributed by atoms with Crippen molar-refractivity contribution in [2.24, 2.45) is 10.9 Å². The van der Waals surface area contributed by atoms with E-state index >= 15 is 0 Å². The monoisotopic (exact) mass is 242 g/mol. The Morgan fingerprint density at radius 1 is 1.38 bits per heavy atom. The lowest BCUT2D eigenvalue weighted by Gasteiger charge is -2.09. The van der Waals surface area contributed by atoms with Crippen LogP contribution in [-0.4, -0.2) is 24.7 Å². The van der Waals surface area contributed by atoms with Crippen LogP contribution >= 0.6 is 0 Å². The molecule has 0 spiro atoms. The molecule has 0 aliphatic carbocycles. The van der Waals surface area contributed by atoms with E-state index in [1.54, 1.807) is 12.1 Å². The number of sulfone groups is 1. The minimum Gasteiger partial charge on any atom is -0.386 e. The molecule has 88 valence electrons. The molecule has 1 rings (SSSR count). The van der Waals surface area contributed by atoms with Gasteiger partial charge in [0.15, 0.2) is 5.04 Å². The summed E-state index contributed by atoms with van der Waals surface area (Å²) in [7, 11) is -3.79. The SMILES string of the molecule is Cc1ccc(S(=O)(=O)C(=NN)C(C)O)cc1. The van der Waals surface area contributed by atoms with Crippen LogP contribution in [0.5, 0.6) is 0 Å². The Hall–Kier alpha value is -1.40. The number of benzene rings is 1. The summed E-state index contributed by atoms with van der Waals surface area (Å²) < 4.78 is 23.9. The van der Waals surface area contributed by atoms with Gasteiger partial charge in [-0.2, -0.15) is 5.10 Å². The lowest BCUT2D eigenvalue weighted by atomic mass is 10.2. The van der Waals surface area contributed by atoms with Crippen LogP contribution in [0.15, 0.2) is 34.3 Å². The van der Waals surface area contributed by atoms with E-state index in [2.05, 4.69) is 5.10 Å². The molecule has 0 saturated heterocycles. The number of hydrazone groups is 1. The average Bonchev–Trinajstić information content (AvgIpc) is 2.18. The van der Waals surface area contributed by atoms with E-state index in [1.807, 2.05) is 6.92 Å². The molecule has 0 saturated carbocycles. The molecule has 1 atom stereocenters. The standard InChI is InChI=1S/C10H14N2O3S/c1-7-3-5-9(6-4-7)16(14,15)10(12-11)8(2)13/h3-6,8,13H,11H2,1-2H3. The first-order valence-electron chi connectivity index (χ1n) is 4.67. The van der Waals surface area contributed by atoms with E-state index in [9.17, 15) is 13.5 Å². The number of aliphatic hydroxyl groups is 1. The second-order valence-corrected chi connectivity index (χ2v) is 5.36. The molecule has 1 aromatic rings. The third-order valence-corrected chi connectivity index (χ3v) is 3.98. The molecule has 5 nitrogen and oxygen atoms in total. The number of hydrogen-bond donors (Lipinski definition) is 2. The van der Waals surface area contributed by atoms with Gasteiger partial charge in [0, 0.05) is 0 Å². The minimum absolute atomic E-state index is 0.0724. The summed E-state index contributed by atoms with van der Waals surface area (Å²) >= 11 is 0. The molecule has 0 fully saturated rings. The Morgan fingerprint density at radius 3 is 2.25 bits per heavy atom. The van der Waals surface area contributed by atoms with E-state index in [0.717, 1.165) is 5.56 Å². The van der Waals surface area contributed by atoms with Crippen LogP contribution in [0.2, 0.25) is 0 Å². The molecule has 1 aromatic carbocycles. The summed E-state index contributed by atoms with van der Waals surface area (Å²) in [5.41, 5.74) is 0.947. The van der Waals surface area contributed by atoms with Gasteiger partial charge in [-0.1, -0.05) is 17.7 Å². The van der Waals surface area contributed by atoms with Crippen molar-refractivity contribution >= 4 is 14.9 Å². The summed E-state index contributed by atoms with van der Waals surface area (Å²) in [6, 6.07) is 6.25. The smallest absolute Gasteiger partial charge is 0.224 e. The zero-order valence-electron chi connectivity index (χ0n) is 9.08. The van der Waals surface area contributed by atoms with Crippen molar-refractivity contribution in [1.29, 1.82) is 0 Å². The quantitative estimate of drug-likeness (QED) is 0.340. The highest BCUT2D eigenvalue weighted by molar-refractivity contribution is 8.06. The third kappa shape index (κ3) is 2.40. The van der Waals surface area contributed by atoms with Crippen molar-refractivity contribution in [3.63, 3.8) is 0 Å². The maximum absolute atomic E-state index is 11.9. The molecule has 0 aliphatic heterocycles. The van der Waals surface area contributed by atoms with E-state index in [-0.39, 0.29) is 4.90 Å². The number of aryl methyl sites for hydroxylation is 1. The van der Waals surface area contributed by atoms with Crippen molar-refractivity contribution in [2.75, 3.05) is 0 Å². The van der Waals surface area contributed by atoms with Crippen molar-refractivity contribution in [1.82, 2.24) is 0 Å². The topological polar surface area (TPSA) is 92.8 Å². The molecule has 0 radical (unpaired) electrons. The fourth-order valence-electron chi connectivity index (χ4n) is 1.24. The molecule has 3 N–H and O–H groups in total. The number of rotatable bonds is 2. The first-order valence-corrected chi connectivity index (χ1v) is 6.15. The Balaban J connectivity index is 3.27. The molecule has 6 heteroatoms. The van der Waals surface area contributed by atoms with E-state index in [4.69, 9.17) is 5.84 Å². The normalized spacial score (nSPS) is 14.8. The van der Waals surface area contributed by atoms with Gasteiger partial charge < -0.3 is 10.9 Å². The second-order valence-electron chi connectivity index (χ2n) is 3.46. The summed E-state index contributed by atoms with van der Waals surface area (Å²) in [6.45, 7) is 3.15.